The Kier molecular flexibility index (Phi) is 8.07. The summed E-state index contributed by atoms with van der Waals surface area (Å²) in [5, 5.41) is 0. The predicted octanol–water partition coefficient (Wildman–Crippen LogP) is 2.96. The molecule has 0 spiro atoms. The first-order valence-corrected chi connectivity index (χ1v) is 7.58. The summed E-state index contributed by atoms with van der Waals surface area (Å²) in [5.41, 5.74) is 13.7. The largest absolute Gasteiger partial charge is 0.493 e. The van der Waals surface area contributed by atoms with Crippen LogP contribution in [0.4, 0.5) is 0 Å². The van der Waals surface area contributed by atoms with Crippen molar-refractivity contribution in [3.8, 4) is 11.5 Å². The maximum atomic E-state index is 5.86. The Balaban J connectivity index is 2.87. The van der Waals surface area contributed by atoms with Crippen molar-refractivity contribution in [2.24, 2.45) is 11.5 Å². The highest BCUT2D eigenvalue weighted by Crippen LogP contribution is 2.30. The van der Waals surface area contributed by atoms with Crippen LogP contribution in [0.15, 0.2) is 12.1 Å². The summed E-state index contributed by atoms with van der Waals surface area (Å²) in [4.78, 5) is 0. The number of nitrogens with two attached hydrogens (primary N) is 2. The molecule has 0 saturated heterocycles. The molecule has 4 nitrogen and oxygen atoms in total. The number of ether oxygens (including phenoxy) is 2. The summed E-state index contributed by atoms with van der Waals surface area (Å²) in [5.74, 6) is 1.67. The highest BCUT2D eigenvalue weighted by molar-refractivity contribution is 5.48. The van der Waals surface area contributed by atoms with Crippen LogP contribution in [0.5, 0.6) is 11.5 Å². The van der Waals surface area contributed by atoms with Gasteiger partial charge in [-0.25, -0.2) is 0 Å². The van der Waals surface area contributed by atoms with E-state index < -0.39 is 0 Å². The quantitative estimate of drug-likeness (QED) is 0.646. The lowest BCUT2D eigenvalue weighted by molar-refractivity contribution is 0.295. The molecule has 0 aromatic heterocycles. The SMILES string of the molecule is CCCCOc1ccc(OCCCC)c(CN)c1CN. The minimum Gasteiger partial charge on any atom is -0.493 e. The fourth-order valence-electron chi connectivity index (χ4n) is 2.02. The molecule has 0 fully saturated rings. The van der Waals surface area contributed by atoms with E-state index in [1.165, 1.54) is 0 Å². The number of unbranched alkanes of at least 4 members (excludes halogenated alkanes) is 2. The maximum Gasteiger partial charge on any atom is 0.124 e. The molecular weight excluding hydrogens is 252 g/mol. The first kappa shape index (κ1) is 16.8. The molecule has 0 radical (unpaired) electrons. The van der Waals surface area contributed by atoms with Gasteiger partial charge in [0.1, 0.15) is 11.5 Å². The average molecular weight is 280 g/mol. The minimum absolute atomic E-state index is 0.416. The summed E-state index contributed by atoms with van der Waals surface area (Å²) in [6, 6.07) is 3.89. The van der Waals surface area contributed by atoms with Crippen LogP contribution in [-0.4, -0.2) is 13.2 Å². The third-order valence-electron chi connectivity index (χ3n) is 3.26. The fourth-order valence-corrected chi connectivity index (χ4v) is 2.02. The first-order chi connectivity index (χ1) is 9.78. The molecule has 0 unspecified atom stereocenters. The predicted molar refractivity (Wildman–Crippen MR) is 83.0 cm³/mol. The Morgan fingerprint density at radius 2 is 1.20 bits per heavy atom. The summed E-state index contributed by atoms with van der Waals surface area (Å²) < 4.78 is 11.6. The van der Waals surface area contributed by atoms with Gasteiger partial charge in [-0.05, 0) is 25.0 Å². The summed E-state index contributed by atoms with van der Waals surface area (Å²) in [7, 11) is 0. The molecule has 1 aromatic rings. The van der Waals surface area contributed by atoms with Crippen LogP contribution >= 0.6 is 0 Å². The number of rotatable bonds is 10. The highest BCUT2D eigenvalue weighted by atomic mass is 16.5. The smallest absolute Gasteiger partial charge is 0.124 e. The Hall–Kier alpha value is -1.26. The zero-order chi connectivity index (χ0) is 14.8. The number of hydrogen-bond acceptors (Lipinski definition) is 4. The lowest BCUT2D eigenvalue weighted by atomic mass is 10.0. The summed E-state index contributed by atoms with van der Waals surface area (Å²) in [6.07, 6.45) is 4.30. The molecule has 0 saturated carbocycles. The zero-order valence-corrected chi connectivity index (χ0v) is 12.8. The first-order valence-electron chi connectivity index (χ1n) is 7.58. The van der Waals surface area contributed by atoms with E-state index in [1.807, 2.05) is 12.1 Å². The third-order valence-corrected chi connectivity index (χ3v) is 3.26. The molecule has 0 atom stereocenters. The van der Waals surface area contributed by atoms with Crippen molar-refractivity contribution in [1.29, 1.82) is 0 Å². The molecule has 0 bridgehead atoms. The van der Waals surface area contributed by atoms with Gasteiger partial charge in [0, 0.05) is 24.2 Å². The van der Waals surface area contributed by atoms with Gasteiger partial charge in [-0.15, -0.1) is 0 Å². The molecule has 4 N–H and O–H groups in total. The highest BCUT2D eigenvalue weighted by Gasteiger charge is 2.13. The van der Waals surface area contributed by atoms with Crippen LogP contribution in [0, 0.1) is 0 Å². The van der Waals surface area contributed by atoms with E-state index in [9.17, 15) is 0 Å². The molecule has 1 rings (SSSR count). The molecule has 0 amide bonds. The summed E-state index contributed by atoms with van der Waals surface area (Å²) in [6.45, 7) is 6.54. The van der Waals surface area contributed by atoms with E-state index >= 15 is 0 Å². The molecule has 0 aliphatic rings. The average Bonchev–Trinajstić information content (AvgIpc) is 2.48. The van der Waals surface area contributed by atoms with Crippen LogP contribution in [0.2, 0.25) is 0 Å². The third kappa shape index (κ3) is 4.69. The van der Waals surface area contributed by atoms with Gasteiger partial charge in [0.2, 0.25) is 0 Å². The maximum absolute atomic E-state index is 5.86. The van der Waals surface area contributed by atoms with Gasteiger partial charge in [-0.1, -0.05) is 26.7 Å². The van der Waals surface area contributed by atoms with Crippen molar-refractivity contribution < 1.29 is 9.47 Å². The Morgan fingerprint density at radius 3 is 1.50 bits per heavy atom. The van der Waals surface area contributed by atoms with Crippen LogP contribution in [0.1, 0.15) is 50.7 Å². The second-order valence-electron chi connectivity index (χ2n) is 4.83. The Morgan fingerprint density at radius 1 is 0.800 bits per heavy atom. The number of hydrogen-bond donors (Lipinski definition) is 2. The van der Waals surface area contributed by atoms with Gasteiger partial charge in [0.25, 0.3) is 0 Å². The minimum atomic E-state index is 0.416. The normalized spacial score (nSPS) is 10.6. The lowest BCUT2D eigenvalue weighted by Gasteiger charge is -2.17. The van der Waals surface area contributed by atoms with Gasteiger partial charge in [-0.3, -0.25) is 0 Å². The Labute approximate surface area is 122 Å². The van der Waals surface area contributed by atoms with E-state index in [0.29, 0.717) is 26.3 Å². The second-order valence-corrected chi connectivity index (χ2v) is 4.83. The van der Waals surface area contributed by atoms with Crippen LogP contribution in [0.25, 0.3) is 0 Å². The molecule has 114 valence electrons. The molecule has 20 heavy (non-hydrogen) atoms. The molecule has 0 aliphatic heterocycles. The van der Waals surface area contributed by atoms with Crippen molar-refractivity contribution in [2.45, 2.75) is 52.6 Å². The van der Waals surface area contributed by atoms with Gasteiger partial charge in [-0.2, -0.15) is 0 Å². The van der Waals surface area contributed by atoms with Crippen molar-refractivity contribution >= 4 is 0 Å². The van der Waals surface area contributed by atoms with Crippen LogP contribution in [0.3, 0.4) is 0 Å². The van der Waals surface area contributed by atoms with E-state index in [-0.39, 0.29) is 0 Å². The van der Waals surface area contributed by atoms with E-state index in [4.69, 9.17) is 20.9 Å². The van der Waals surface area contributed by atoms with Crippen LogP contribution in [-0.2, 0) is 13.1 Å². The standard InChI is InChI=1S/C16H28N2O2/c1-3-5-9-19-15-7-8-16(20-10-6-4-2)14(12-18)13(15)11-17/h7-8H,3-6,9-12,17-18H2,1-2H3. The summed E-state index contributed by atoms with van der Waals surface area (Å²) >= 11 is 0. The van der Waals surface area contributed by atoms with Gasteiger partial charge in [0.15, 0.2) is 0 Å². The van der Waals surface area contributed by atoms with E-state index in [1.54, 1.807) is 0 Å². The number of benzene rings is 1. The molecular formula is C16H28N2O2. The zero-order valence-electron chi connectivity index (χ0n) is 12.8. The van der Waals surface area contributed by atoms with Crippen molar-refractivity contribution in [1.82, 2.24) is 0 Å². The molecule has 0 heterocycles. The Bertz CT molecular complexity index is 357. The van der Waals surface area contributed by atoms with E-state index in [0.717, 1.165) is 48.3 Å². The van der Waals surface area contributed by atoms with Gasteiger partial charge in [0.05, 0.1) is 13.2 Å². The van der Waals surface area contributed by atoms with Gasteiger partial charge >= 0.3 is 0 Å². The van der Waals surface area contributed by atoms with Crippen LogP contribution < -0.4 is 20.9 Å². The van der Waals surface area contributed by atoms with Crippen molar-refractivity contribution in [3.63, 3.8) is 0 Å². The fraction of sp³-hybridized carbons (Fsp3) is 0.625. The van der Waals surface area contributed by atoms with Gasteiger partial charge < -0.3 is 20.9 Å². The molecule has 4 heteroatoms. The van der Waals surface area contributed by atoms with Crippen molar-refractivity contribution in [2.75, 3.05) is 13.2 Å². The monoisotopic (exact) mass is 280 g/mol. The molecule has 0 aliphatic carbocycles. The topological polar surface area (TPSA) is 70.5 Å². The van der Waals surface area contributed by atoms with Crippen molar-refractivity contribution in [3.05, 3.63) is 23.3 Å². The second kappa shape index (κ2) is 9.61. The lowest BCUT2D eigenvalue weighted by Crippen LogP contribution is -2.12. The van der Waals surface area contributed by atoms with E-state index in [2.05, 4.69) is 13.8 Å². The molecule has 1 aromatic carbocycles.